The molecule has 0 bridgehead atoms. The van der Waals surface area contributed by atoms with Gasteiger partial charge in [-0.2, -0.15) is 0 Å². The normalized spacial score (nSPS) is 7.71. The summed E-state index contributed by atoms with van der Waals surface area (Å²) in [6, 6.07) is 0. The van der Waals surface area contributed by atoms with Crippen molar-refractivity contribution in [2.24, 2.45) is 0 Å². The van der Waals surface area contributed by atoms with Gasteiger partial charge in [0, 0.05) is 0 Å². The fraction of sp³-hybridized carbons (Fsp3) is 0.200. The third-order valence-electron chi connectivity index (χ3n) is 0.993. The van der Waals surface area contributed by atoms with Crippen LogP contribution in [0.5, 0.6) is 0 Å². The second-order valence-electron chi connectivity index (χ2n) is 2.14. The number of carbonyl (C=O) groups is 2. The largest absolute Gasteiger partial charge is 0.368 e. The van der Waals surface area contributed by atoms with Crippen molar-refractivity contribution in [2.45, 2.75) is 12.8 Å². The Kier molecular flexibility index (Phi) is 6.52. The minimum absolute atomic E-state index is 0.0648. The second kappa shape index (κ2) is 7.62. The Labute approximate surface area is 82.2 Å². The van der Waals surface area contributed by atoms with E-state index in [-0.39, 0.29) is 12.8 Å². The SMILES string of the molecule is C=CCC(=O)OC#COC(=O)CC=C. The monoisotopic (exact) mass is 194 g/mol. The van der Waals surface area contributed by atoms with Crippen LogP contribution in [0.4, 0.5) is 0 Å². The summed E-state index contributed by atoms with van der Waals surface area (Å²) >= 11 is 0. The molecule has 0 unspecified atom stereocenters. The topological polar surface area (TPSA) is 52.6 Å². The van der Waals surface area contributed by atoms with Crippen LogP contribution in [-0.4, -0.2) is 11.9 Å². The Morgan fingerprint density at radius 3 is 1.64 bits per heavy atom. The molecule has 74 valence electrons. The molecule has 0 aliphatic heterocycles. The predicted molar refractivity (Wildman–Crippen MR) is 49.6 cm³/mol. The van der Waals surface area contributed by atoms with Gasteiger partial charge in [0.1, 0.15) is 0 Å². The Balaban J connectivity index is 3.72. The fourth-order valence-electron chi connectivity index (χ4n) is 0.475. The number of carbonyl (C=O) groups excluding carboxylic acids is 2. The van der Waals surface area contributed by atoms with Gasteiger partial charge in [-0.3, -0.25) is 9.59 Å². The lowest BCUT2D eigenvalue weighted by molar-refractivity contribution is -0.138. The first-order chi connectivity index (χ1) is 6.70. The summed E-state index contributed by atoms with van der Waals surface area (Å²) in [7, 11) is 0. The Morgan fingerprint density at radius 1 is 1.00 bits per heavy atom. The van der Waals surface area contributed by atoms with Gasteiger partial charge in [0.2, 0.25) is 0 Å². The highest BCUT2D eigenvalue weighted by Gasteiger charge is 1.97. The van der Waals surface area contributed by atoms with Crippen molar-refractivity contribution >= 4 is 11.9 Å². The van der Waals surface area contributed by atoms with Crippen molar-refractivity contribution in [2.75, 3.05) is 0 Å². The molecule has 0 atom stereocenters. The van der Waals surface area contributed by atoms with Crippen LogP contribution in [-0.2, 0) is 19.1 Å². The van der Waals surface area contributed by atoms with E-state index in [2.05, 4.69) is 22.6 Å². The third-order valence-corrected chi connectivity index (χ3v) is 0.993. The van der Waals surface area contributed by atoms with Crippen LogP contribution in [0.2, 0.25) is 0 Å². The van der Waals surface area contributed by atoms with Crippen LogP contribution < -0.4 is 0 Å². The molecule has 0 heterocycles. The summed E-state index contributed by atoms with van der Waals surface area (Å²) < 4.78 is 8.67. The molecule has 14 heavy (non-hydrogen) atoms. The van der Waals surface area contributed by atoms with Gasteiger partial charge in [0.15, 0.2) is 12.2 Å². The van der Waals surface area contributed by atoms with Gasteiger partial charge in [0.05, 0.1) is 12.8 Å². The number of hydrogen-bond acceptors (Lipinski definition) is 4. The number of ether oxygens (including phenoxy) is 2. The first-order valence-electron chi connectivity index (χ1n) is 3.81. The van der Waals surface area contributed by atoms with E-state index in [0.717, 1.165) is 0 Å². The quantitative estimate of drug-likeness (QED) is 0.382. The standard InChI is InChI=1S/C10H10O4/c1-3-5-9(11)13-7-8-14-10(12)6-4-2/h3-4H,1-2,5-6H2. The van der Waals surface area contributed by atoms with Crippen LogP contribution in [0.25, 0.3) is 0 Å². The average Bonchev–Trinajstić information content (AvgIpc) is 2.13. The summed E-state index contributed by atoms with van der Waals surface area (Å²) in [4.78, 5) is 21.3. The minimum atomic E-state index is -0.549. The molecule has 4 heteroatoms. The van der Waals surface area contributed by atoms with Gasteiger partial charge < -0.3 is 9.47 Å². The van der Waals surface area contributed by atoms with Gasteiger partial charge in [-0.1, -0.05) is 12.2 Å². The fourth-order valence-corrected chi connectivity index (χ4v) is 0.475. The minimum Gasteiger partial charge on any atom is -0.368 e. The van der Waals surface area contributed by atoms with Crippen molar-refractivity contribution in [1.29, 1.82) is 0 Å². The molecule has 0 fully saturated rings. The van der Waals surface area contributed by atoms with Crippen molar-refractivity contribution < 1.29 is 19.1 Å². The maximum absolute atomic E-state index is 10.7. The lowest BCUT2D eigenvalue weighted by Crippen LogP contribution is -1.99. The summed E-state index contributed by atoms with van der Waals surface area (Å²) in [6.07, 6.45) is 6.76. The highest BCUT2D eigenvalue weighted by molar-refractivity contribution is 5.73. The van der Waals surface area contributed by atoms with Crippen LogP contribution in [0.3, 0.4) is 0 Å². The number of hydrogen-bond donors (Lipinski definition) is 0. The summed E-state index contributed by atoms with van der Waals surface area (Å²) in [5.41, 5.74) is 0. The molecule has 0 aliphatic carbocycles. The van der Waals surface area contributed by atoms with Crippen LogP contribution >= 0.6 is 0 Å². The molecule has 0 amide bonds. The number of esters is 2. The zero-order valence-corrected chi connectivity index (χ0v) is 7.62. The Morgan fingerprint density at radius 2 is 1.36 bits per heavy atom. The number of rotatable bonds is 4. The van der Waals surface area contributed by atoms with Crippen LogP contribution in [0.15, 0.2) is 25.3 Å². The lowest BCUT2D eigenvalue weighted by atomic mass is 10.4. The molecule has 0 rings (SSSR count). The molecule has 0 N–H and O–H groups in total. The maximum atomic E-state index is 10.7. The third kappa shape index (κ3) is 6.68. The smallest absolute Gasteiger partial charge is 0.323 e. The first kappa shape index (κ1) is 12.0. The van der Waals surface area contributed by atoms with E-state index in [9.17, 15) is 9.59 Å². The molecule has 0 saturated carbocycles. The zero-order chi connectivity index (χ0) is 10.8. The van der Waals surface area contributed by atoms with Gasteiger partial charge in [-0.05, 0) is 0 Å². The molecule has 0 spiro atoms. The lowest BCUT2D eigenvalue weighted by Gasteiger charge is -1.90. The van der Waals surface area contributed by atoms with Gasteiger partial charge >= 0.3 is 11.9 Å². The van der Waals surface area contributed by atoms with Crippen LogP contribution in [0.1, 0.15) is 12.8 Å². The van der Waals surface area contributed by atoms with Crippen LogP contribution in [0, 0.1) is 12.2 Å². The Bertz CT molecular complexity index is 265. The van der Waals surface area contributed by atoms with E-state index in [4.69, 9.17) is 0 Å². The van der Waals surface area contributed by atoms with E-state index in [0.29, 0.717) is 0 Å². The molecular weight excluding hydrogens is 184 g/mol. The van der Waals surface area contributed by atoms with Crippen molar-refractivity contribution in [1.82, 2.24) is 0 Å². The summed E-state index contributed by atoms with van der Waals surface area (Å²) in [6.45, 7) is 6.67. The molecule has 4 nitrogen and oxygen atoms in total. The average molecular weight is 194 g/mol. The van der Waals surface area contributed by atoms with Gasteiger partial charge in [0.25, 0.3) is 0 Å². The molecular formula is C10H10O4. The molecule has 0 aliphatic rings. The van der Waals surface area contributed by atoms with E-state index >= 15 is 0 Å². The highest BCUT2D eigenvalue weighted by atomic mass is 16.6. The van der Waals surface area contributed by atoms with E-state index in [1.807, 2.05) is 12.2 Å². The van der Waals surface area contributed by atoms with E-state index < -0.39 is 11.9 Å². The van der Waals surface area contributed by atoms with Crippen molar-refractivity contribution in [3.8, 4) is 12.2 Å². The molecule has 0 saturated heterocycles. The van der Waals surface area contributed by atoms with Gasteiger partial charge in [-0.15, -0.1) is 13.2 Å². The molecule has 0 radical (unpaired) electrons. The van der Waals surface area contributed by atoms with Crippen molar-refractivity contribution in [3.63, 3.8) is 0 Å². The highest BCUT2D eigenvalue weighted by Crippen LogP contribution is 1.86. The first-order valence-corrected chi connectivity index (χ1v) is 3.81. The molecule has 0 aromatic rings. The van der Waals surface area contributed by atoms with E-state index in [1.165, 1.54) is 12.2 Å². The summed E-state index contributed by atoms with van der Waals surface area (Å²) in [5, 5.41) is 0. The predicted octanol–water partition coefficient (Wildman–Crippen LogP) is 1.14. The zero-order valence-electron chi connectivity index (χ0n) is 7.62. The van der Waals surface area contributed by atoms with E-state index in [1.54, 1.807) is 0 Å². The Hall–Kier alpha value is -2.02. The summed E-state index contributed by atoms with van der Waals surface area (Å²) in [5.74, 6) is -1.10. The second-order valence-corrected chi connectivity index (χ2v) is 2.14. The molecule has 0 aromatic heterocycles. The van der Waals surface area contributed by atoms with Crippen molar-refractivity contribution in [3.05, 3.63) is 25.3 Å². The maximum Gasteiger partial charge on any atom is 0.323 e. The van der Waals surface area contributed by atoms with Gasteiger partial charge in [-0.25, -0.2) is 0 Å². The molecule has 0 aromatic carbocycles.